The fourth-order valence-electron chi connectivity index (χ4n) is 2.33. The van der Waals surface area contributed by atoms with Crippen LogP contribution in [-0.4, -0.2) is 13.7 Å². The van der Waals surface area contributed by atoms with E-state index in [4.69, 9.17) is 16.3 Å². The quantitative estimate of drug-likeness (QED) is 0.853. The second kappa shape index (κ2) is 5.07. The molecule has 1 aliphatic heterocycles. The second-order valence-electron chi connectivity index (χ2n) is 4.37. The Hall–Kier alpha value is -0.730. The zero-order valence-corrected chi connectivity index (χ0v) is 10.6. The van der Waals surface area contributed by atoms with E-state index in [1.54, 1.807) is 7.11 Å². The molecule has 1 aromatic rings. The first kappa shape index (κ1) is 11.7. The van der Waals surface area contributed by atoms with Crippen molar-refractivity contribution in [3.63, 3.8) is 0 Å². The summed E-state index contributed by atoms with van der Waals surface area (Å²) in [6, 6.07) is 4.41. The molecule has 0 radical (unpaired) electrons. The number of aryl methyl sites for hydroxylation is 1. The van der Waals surface area contributed by atoms with Crippen molar-refractivity contribution < 1.29 is 4.74 Å². The summed E-state index contributed by atoms with van der Waals surface area (Å²) in [6.07, 6.45) is 3.65. The fourth-order valence-corrected chi connectivity index (χ4v) is 2.72. The monoisotopic (exact) mass is 239 g/mol. The van der Waals surface area contributed by atoms with Gasteiger partial charge in [0.15, 0.2) is 0 Å². The number of benzene rings is 1. The molecule has 1 N–H and O–H groups in total. The van der Waals surface area contributed by atoms with Gasteiger partial charge in [-0.1, -0.05) is 18.0 Å². The summed E-state index contributed by atoms with van der Waals surface area (Å²) < 4.78 is 5.44. The average molecular weight is 240 g/mol. The van der Waals surface area contributed by atoms with Gasteiger partial charge in [0.25, 0.3) is 0 Å². The predicted octanol–water partition coefficient (Wildman–Crippen LogP) is 3.47. The molecule has 0 spiro atoms. The molecule has 1 aliphatic rings. The lowest BCUT2D eigenvalue weighted by Crippen LogP contribution is -2.27. The smallest absolute Gasteiger partial charge is 0.125 e. The summed E-state index contributed by atoms with van der Waals surface area (Å²) in [4.78, 5) is 0. The highest BCUT2D eigenvalue weighted by molar-refractivity contribution is 6.31. The van der Waals surface area contributed by atoms with Gasteiger partial charge in [0.05, 0.1) is 7.11 Å². The van der Waals surface area contributed by atoms with Crippen LogP contribution < -0.4 is 10.1 Å². The van der Waals surface area contributed by atoms with Gasteiger partial charge in [-0.3, -0.25) is 0 Å². The summed E-state index contributed by atoms with van der Waals surface area (Å²) in [5.41, 5.74) is 2.26. The van der Waals surface area contributed by atoms with Gasteiger partial charge < -0.3 is 10.1 Å². The van der Waals surface area contributed by atoms with Crippen molar-refractivity contribution >= 4 is 11.6 Å². The molecule has 1 fully saturated rings. The summed E-state index contributed by atoms with van der Waals surface area (Å²) in [7, 11) is 1.71. The highest BCUT2D eigenvalue weighted by Crippen LogP contribution is 2.36. The van der Waals surface area contributed by atoms with Gasteiger partial charge in [-0.2, -0.15) is 0 Å². The highest BCUT2D eigenvalue weighted by atomic mass is 35.5. The number of piperidine rings is 1. The maximum atomic E-state index is 6.33. The van der Waals surface area contributed by atoms with E-state index in [0.717, 1.165) is 34.9 Å². The third-order valence-corrected chi connectivity index (χ3v) is 3.43. The number of methoxy groups -OCH3 is 1. The van der Waals surface area contributed by atoms with E-state index in [0.29, 0.717) is 6.04 Å². The molecule has 0 aromatic heterocycles. The Kier molecular flexibility index (Phi) is 3.72. The first-order chi connectivity index (χ1) is 7.72. The molecule has 0 saturated carbocycles. The zero-order valence-electron chi connectivity index (χ0n) is 9.85. The molecule has 1 saturated heterocycles. The molecule has 1 heterocycles. The fraction of sp³-hybridized carbons (Fsp3) is 0.538. The van der Waals surface area contributed by atoms with Crippen LogP contribution in [-0.2, 0) is 0 Å². The molecule has 1 unspecified atom stereocenters. The van der Waals surface area contributed by atoms with Crippen molar-refractivity contribution in [3.8, 4) is 5.75 Å². The van der Waals surface area contributed by atoms with E-state index in [2.05, 4.69) is 11.4 Å². The first-order valence-electron chi connectivity index (χ1n) is 5.80. The molecule has 3 heteroatoms. The second-order valence-corrected chi connectivity index (χ2v) is 4.77. The lowest BCUT2D eigenvalue weighted by Gasteiger charge is -2.26. The molecule has 1 atom stereocenters. The third-order valence-electron chi connectivity index (χ3n) is 3.11. The predicted molar refractivity (Wildman–Crippen MR) is 67.3 cm³/mol. The summed E-state index contributed by atoms with van der Waals surface area (Å²) in [5.74, 6) is 0.907. The van der Waals surface area contributed by atoms with Crippen LogP contribution in [0.2, 0.25) is 5.02 Å². The number of rotatable bonds is 2. The molecule has 16 heavy (non-hydrogen) atoms. The van der Waals surface area contributed by atoms with Crippen molar-refractivity contribution in [1.29, 1.82) is 0 Å². The maximum Gasteiger partial charge on any atom is 0.125 e. The molecule has 88 valence electrons. The largest absolute Gasteiger partial charge is 0.496 e. The van der Waals surface area contributed by atoms with E-state index in [1.807, 2.05) is 13.0 Å². The zero-order chi connectivity index (χ0) is 11.5. The Morgan fingerprint density at radius 3 is 2.81 bits per heavy atom. The Morgan fingerprint density at radius 1 is 1.38 bits per heavy atom. The van der Waals surface area contributed by atoms with Crippen LogP contribution in [0.3, 0.4) is 0 Å². The van der Waals surface area contributed by atoms with E-state index in [-0.39, 0.29) is 0 Å². The van der Waals surface area contributed by atoms with Crippen LogP contribution in [0.1, 0.15) is 36.4 Å². The minimum atomic E-state index is 0.344. The Labute approximate surface area is 102 Å². The lowest BCUT2D eigenvalue weighted by molar-refractivity contribution is 0.373. The van der Waals surface area contributed by atoms with Crippen molar-refractivity contribution in [3.05, 3.63) is 28.3 Å². The molecular weight excluding hydrogens is 222 g/mol. The van der Waals surface area contributed by atoms with Gasteiger partial charge in [0, 0.05) is 16.6 Å². The van der Waals surface area contributed by atoms with E-state index in [1.165, 1.54) is 12.8 Å². The van der Waals surface area contributed by atoms with Crippen molar-refractivity contribution in [2.45, 2.75) is 32.2 Å². The summed E-state index contributed by atoms with van der Waals surface area (Å²) >= 11 is 6.33. The summed E-state index contributed by atoms with van der Waals surface area (Å²) in [5, 5.41) is 4.32. The van der Waals surface area contributed by atoms with Gasteiger partial charge in [-0.05, 0) is 44.0 Å². The van der Waals surface area contributed by atoms with Crippen LogP contribution in [0.25, 0.3) is 0 Å². The third kappa shape index (κ3) is 2.33. The van der Waals surface area contributed by atoms with Crippen molar-refractivity contribution in [2.24, 2.45) is 0 Å². The van der Waals surface area contributed by atoms with Crippen LogP contribution in [0.5, 0.6) is 5.75 Å². The average Bonchev–Trinajstić information content (AvgIpc) is 2.29. The van der Waals surface area contributed by atoms with Gasteiger partial charge in [0.1, 0.15) is 5.75 Å². The molecule has 1 aromatic carbocycles. The van der Waals surface area contributed by atoms with Gasteiger partial charge in [-0.15, -0.1) is 0 Å². The summed E-state index contributed by atoms with van der Waals surface area (Å²) in [6.45, 7) is 3.10. The Morgan fingerprint density at radius 2 is 2.19 bits per heavy atom. The molecule has 2 nitrogen and oxygen atoms in total. The number of ether oxygens (including phenoxy) is 1. The SMILES string of the molecule is COc1cc(C)cc(Cl)c1C1CCCCN1. The molecule has 0 bridgehead atoms. The molecular formula is C13H18ClNO. The Balaban J connectivity index is 2.37. The maximum absolute atomic E-state index is 6.33. The van der Waals surface area contributed by atoms with Crippen LogP contribution in [0, 0.1) is 6.92 Å². The minimum absolute atomic E-state index is 0.344. The number of hydrogen-bond acceptors (Lipinski definition) is 2. The first-order valence-corrected chi connectivity index (χ1v) is 6.17. The lowest BCUT2D eigenvalue weighted by atomic mass is 9.96. The van der Waals surface area contributed by atoms with Gasteiger partial charge >= 0.3 is 0 Å². The molecule has 0 amide bonds. The van der Waals surface area contributed by atoms with Crippen molar-refractivity contribution in [2.75, 3.05) is 13.7 Å². The van der Waals surface area contributed by atoms with Gasteiger partial charge in [-0.25, -0.2) is 0 Å². The molecule has 0 aliphatic carbocycles. The van der Waals surface area contributed by atoms with Crippen LogP contribution in [0.4, 0.5) is 0 Å². The Bertz CT molecular complexity index is 372. The van der Waals surface area contributed by atoms with Crippen LogP contribution >= 0.6 is 11.6 Å². The standard InChI is InChI=1S/C13H18ClNO/c1-9-7-10(14)13(12(8-9)16-2)11-5-3-4-6-15-11/h7-8,11,15H,3-6H2,1-2H3. The highest BCUT2D eigenvalue weighted by Gasteiger charge is 2.21. The normalized spacial score (nSPS) is 20.8. The van der Waals surface area contributed by atoms with E-state index in [9.17, 15) is 0 Å². The number of halogens is 1. The van der Waals surface area contributed by atoms with Crippen molar-refractivity contribution in [1.82, 2.24) is 5.32 Å². The topological polar surface area (TPSA) is 21.3 Å². The van der Waals surface area contributed by atoms with E-state index < -0.39 is 0 Å². The number of hydrogen-bond donors (Lipinski definition) is 1. The minimum Gasteiger partial charge on any atom is -0.496 e. The number of nitrogens with one attached hydrogen (secondary N) is 1. The van der Waals surface area contributed by atoms with Gasteiger partial charge in [0.2, 0.25) is 0 Å². The van der Waals surface area contributed by atoms with E-state index >= 15 is 0 Å². The molecule has 2 rings (SSSR count). The van der Waals surface area contributed by atoms with Crippen LogP contribution in [0.15, 0.2) is 12.1 Å².